The second kappa shape index (κ2) is 8.36. The van der Waals surface area contributed by atoms with Crippen molar-refractivity contribution in [3.8, 4) is 0 Å². The predicted molar refractivity (Wildman–Crippen MR) is 96.8 cm³/mol. The van der Waals surface area contributed by atoms with Crippen LogP contribution in [0.4, 0.5) is 0 Å². The highest BCUT2D eigenvalue weighted by Gasteiger charge is 2.19. The van der Waals surface area contributed by atoms with Crippen LogP contribution < -0.4 is 20.5 Å². The zero-order valence-corrected chi connectivity index (χ0v) is 14.4. The van der Waals surface area contributed by atoms with Crippen LogP contribution in [0.1, 0.15) is 23.8 Å². The molecule has 1 aromatic rings. The van der Waals surface area contributed by atoms with Crippen LogP contribution >= 0.6 is 11.3 Å². The molecular weight excluding hydrogens is 310 g/mol. The van der Waals surface area contributed by atoms with Gasteiger partial charge in [0, 0.05) is 26.7 Å². The van der Waals surface area contributed by atoms with Gasteiger partial charge in [-0.2, -0.15) is 0 Å². The van der Waals surface area contributed by atoms with Gasteiger partial charge in [-0.1, -0.05) is 18.7 Å². The van der Waals surface area contributed by atoms with E-state index in [4.69, 9.17) is 4.74 Å². The number of ether oxygens (including phenoxy) is 1. The minimum atomic E-state index is -0.955. The molecule has 0 aliphatic heterocycles. The van der Waals surface area contributed by atoms with E-state index < -0.39 is 6.29 Å². The lowest BCUT2D eigenvalue weighted by Crippen LogP contribution is -2.39. The third kappa shape index (κ3) is 4.26. The van der Waals surface area contributed by atoms with Gasteiger partial charge in [-0.25, -0.2) is 0 Å². The van der Waals surface area contributed by atoms with Crippen molar-refractivity contribution in [2.24, 2.45) is 0 Å². The van der Waals surface area contributed by atoms with Crippen molar-refractivity contribution in [3.05, 3.63) is 48.1 Å². The third-order valence-corrected chi connectivity index (χ3v) is 4.98. The van der Waals surface area contributed by atoms with Crippen LogP contribution in [-0.2, 0) is 11.2 Å². The summed E-state index contributed by atoms with van der Waals surface area (Å²) in [7, 11) is 1.83. The molecule has 1 aliphatic rings. The molecule has 0 amide bonds. The van der Waals surface area contributed by atoms with Gasteiger partial charge in [0.05, 0.1) is 6.61 Å². The molecule has 0 spiro atoms. The van der Waals surface area contributed by atoms with E-state index in [0.717, 1.165) is 21.4 Å². The van der Waals surface area contributed by atoms with Crippen molar-refractivity contribution in [1.29, 1.82) is 0 Å². The molecule has 4 nitrogen and oxygen atoms in total. The minimum Gasteiger partial charge on any atom is -0.364 e. The molecule has 2 rings (SSSR count). The molecule has 0 bridgehead atoms. The number of aryl methyl sites for hydroxylation is 1. The average molecular weight is 333 g/mol. The fourth-order valence-electron chi connectivity index (χ4n) is 2.39. The molecule has 0 aromatic carbocycles. The largest absolute Gasteiger partial charge is 0.364 e. The van der Waals surface area contributed by atoms with Crippen LogP contribution in [0.3, 0.4) is 0 Å². The number of nitrogens with one attached hydrogen (secondary N) is 1. The Hall–Kier alpha value is -1.53. The molecule has 1 aliphatic carbocycles. The number of allylic oxidation sites excluding steroid dienone is 2. The molecule has 1 aromatic heterocycles. The number of aliphatic hydroxyl groups is 1. The second-order valence-corrected chi connectivity index (χ2v) is 6.49. The lowest BCUT2D eigenvalue weighted by molar-refractivity contribution is -0.0715. The number of fused-ring (bicyclic) bond motifs is 1. The van der Waals surface area contributed by atoms with Crippen LogP contribution in [0, 0.1) is 0 Å². The van der Waals surface area contributed by atoms with E-state index in [-0.39, 0.29) is 5.43 Å². The molecule has 0 fully saturated rings. The van der Waals surface area contributed by atoms with Gasteiger partial charge in [-0.3, -0.25) is 4.79 Å². The summed E-state index contributed by atoms with van der Waals surface area (Å²) in [6.45, 7) is 6.94. The number of hydrogen-bond donors (Lipinski definition) is 2. The van der Waals surface area contributed by atoms with Crippen molar-refractivity contribution in [3.63, 3.8) is 0 Å². The molecule has 5 heteroatoms. The Bertz CT molecular complexity index is 777. The monoisotopic (exact) mass is 333 g/mol. The standard InChI is InChI=1S/C18H23NO3S/c1-4-5-6-15-12(2)17(20)14-11-13(7-8-16(14)23-15)18(21)22-10-9-19-3/h4-6,11,18-19,21H,2,7-10H2,1,3H3/b5-4-,15-6+. The van der Waals surface area contributed by atoms with E-state index in [0.29, 0.717) is 30.4 Å². The Balaban J connectivity index is 2.36. The van der Waals surface area contributed by atoms with Gasteiger partial charge >= 0.3 is 0 Å². The first-order valence-electron chi connectivity index (χ1n) is 7.71. The van der Waals surface area contributed by atoms with E-state index >= 15 is 0 Å². The Labute approximate surface area is 140 Å². The van der Waals surface area contributed by atoms with Crippen LogP contribution in [0.15, 0.2) is 22.5 Å². The Kier molecular flexibility index (Phi) is 6.47. The molecule has 1 unspecified atom stereocenters. The lowest BCUT2D eigenvalue weighted by atomic mass is 9.97. The maximum absolute atomic E-state index is 12.5. The van der Waals surface area contributed by atoms with E-state index in [1.807, 2.05) is 32.2 Å². The first-order chi connectivity index (χ1) is 11.1. The van der Waals surface area contributed by atoms with Gasteiger partial charge in [-0.05, 0) is 44.5 Å². The zero-order valence-electron chi connectivity index (χ0n) is 13.6. The summed E-state index contributed by atoms with van der Waals surface area (Å²) in [6, 6.07) is 0. The van der Waals surface area contributed by atoms with Gasteiger partial charge in [0.1, 0.15) is 0 Å². The molecule has 2 N–H and O–H groups in total. The molecular formula is C18H23NO3S. The Morgan fingerprint density at radius 3 is 3.00 bits per heavy atom. The second-order valence-electron chi connectivity index (χ2n) is 5.35. The van der Waals surface area contributed by atoms with E-state index in [9.17, 15) is 9.90 Å². The van der Waals surface area contributed by atoms with Crippen molar-refractivity contribution in [2.75, 3.05) is 20.2 Å². The quantitative estimate of drug-likeness (QED) is 0.596. The predicted octanol–water partition coefficient (Wildman–Crippen LogP) is 0.759. The lowest BCUT2D eigenvalue weighted by Gasteiger charge is -2.20. The topological polar surface area (TPSA) is 58.6 Å². The van der Waals surface area contributed by atoms with Crippen molar-refractivity contribution in [2.45, 2.75) is 26.1 Å². The van der Waals surface area contributed by atoms with Gasteiger partial charge in [-0.15, -0.1) is 11.3 Å². The van der Waals surface area contributed by atoms with Gasteiger partial charge in [0.15, 0.2) is 11.7 Å². The Morgan fingerprint density at radius 2 is 2.30 bits per heavy atom. The molecule has 124 valence electrons. The molecule has 0 saturated carbocycles. The maximum atomic E-state index is 12.5. The molecule has 1 atom stereocenters. The third-order valence-electron chi connectivity index (χ3n) is 3.71. The fourth-order valence-corrected chi connectivity index (χ4v) is 3.48. The molecule has 23 heavy (non-hydrogen) atoms. The summed E-state index contributed by atoms with van der Waals surface area (Å²) in [6.07, 6.45) is 8.01. The van der Waals surface area contributed by atoms with Gasteiger partial charge in [0.25, 0.3) is 0 Å². The first kappa shape index (κ1) is 17.8. The number of rotatable bonds is 6. The van der Waals surface area contributed by atoms with Crippen molar-refractivity contribution in [1.82, 2.24) is 5.32 Å². The van der Waals surface area contributed by atoms with Gasteiger partial charge < -0.3 is 15.2 Å². The zero-order chi connectivity index (χ0) is 16.8. The summed E-state index contributed by atoms with van der Waals surface area (Å²) >= 11 is 1.59. The van der Waals surface area contributed by atoms with Crippen molar-refractivity contribution >= 4 is 30.1 Å². The summed E-state index contributed by atoms with van der Waals surface area (Å²) in [4.78, 5) is 13.6. The maximum Gasteiger partial charge on any atom is 0.194 e. The van der Waals surface area contributed by atoms with E-state index in [1.54, 1.807) is 17.4 Å². The summed E-state index contributed by atoms with van der Waals surface area (Å²) in [5, 5.41) is 13.6. The molecule has 0 radical (unpaired) electrons. The smallest absolute Gasteiger partial charge is 0.194 e. The van der Waals surface area contributed by atoms with Crippen LogP contribution in [0.25, 0.3) is 18.7 Å². The molecule has 1 heterocycles. The highest BCUT2D eigenvalue weighted by molar-refractivity contribution is 7.09. The number of likely N-dealkylation sites (N-methyl/N-ethyl adjacent to an activating group) is 1. The van der Waals surface area contributed by atoms with E-state index in [2.05, 4.69) is 11.9 Å². The van der Waals surface area contributed by atoms with Crippen LogP contribution in [-0.4, -0.2) is 31.6 Å². The van der Waals surface area contributed by atoms with Crippen molar-refractivity contribution < 1.29 is 9.84 Å². The van der Waals surface area contributed by atoms with Gasteiger partial charge in [0.2, 0.25) is 0 Å². The summed E-state index contributed by atoms with van der Waals surface area (Å²) in [5.41, 5.74) is 1.34. The van der Waals surface area contributed by atoms with E-state index in [1.165, 1.54) is 0 Å². The number of hydrogen-bond acceptors (Lipinski definition) is 5. The SMILES string of the molecule is C=c1c(=O)c2c(s/c1=C/C=C\C)CCC(C(O)OCCNC)=C2. The molecule has 0 saturated heterocycles. The fraction of sp³-hybridized carbons (Fsp3) is 0.389. The highest BCUT2D eigenvalue weighted by Crippen LogP contribution is 2.24. The Morgan fingerprint density at radius 1 is 1.52 bits per heavy atom. The highest BCUT2D eigenvalue weighted by atomic mass is 32.1. The first-order valence-corrected chi connectivity index (χ1v) is 8.52. The summed E-state index contributed by atoms with van der Waals surface area (Å²) in [5.74, 6) is 0. The van der Waals surface area contributed by atoms with Crippen LogP contribution in [0.2, 0.25) is 0 Å². The number of aliphatic hydroxyl groups excluding tert-OH is 1. The summed E-state index contributed by atoms with van der Waals surface area (Å²) < 4.78 is 6.28. The van der Waals surface area contributed by atoms with Crippen LogP contribution in [0.5, 0.6) is 0 Å². The average Bonchev–Trinajstić information content (AvgIpc) is 2.56. The minimum absolute atomic E-state index is 0.0610. The normalized spacial score (nSPS) is 16.5.